The van der Waals surface area contributed by atoms with E-state index in [1.54, 1.807) is 11.8 Å². The number of rotatable bonds is 11. The van der Waals surface area contributed by atoms with Gasteiger partial charge < -0.3 is 25.4 Å². The summed E-state index contributed by atoms with van der Waals surface area (Å²) in [6.07, 6.45) is 0.00993. The molecule has 0 amide bonds. The van der Waals surface area contributed by atoms with Crippen molar-refractivity contribution >= 4 is 31.0 Å². The van der Waals surface area contributed by atoms with Crippen LogP contribution in [0.15, 0.2) is 82.6 Å². The van der Waals surface area contributed by atoms with Gasteiger partial charge in [0, 0.05) is 14.8 Å². The summed E-state index contributed by atoms with van der Waals surface area (Å²) < 4.78 is 17.2. The highest BCUT2D eigenvalue weighted by molar-refractivity contribution is 7.99. The predicted octanol–water partition coefficient (Wildman–Crippen LogP) is 4.87. The van der Waals surface area contributed by atoms with E-state index in [0.29, 0.717) is 18.1 Å². The van der Waals surface area contributed by atoms with Gasteiger partial charge in [-0.3, -0.25) is 4.57 Å². The maximum atomic E-state index is 11.3. The van der Waals surface area contributed by atoms with Gasteiger partial charge in [0.05, 0.1) is 18.3 Å². The van der Waals surface area contributed by atoms with Crippen molar-refractivity contribution in [1.82, 2.24) is 0 Å². The van der Waals surface area contributed by atoms with E-state index in [9.17, 15) is 19.5 Å². The molecule has 0 saturated heterocycles. The molecular weight excluding hydrogens is 481 g/mol. The third-order valence-electron chi connectivity index (χ3n) is 5.04. The quantitative estimate of drug-likeness (QED) is 0.274. The van der Waals surface area contributed by atoms with Crippen molar-refractivity contribution in [2.75, 3.05) is 12.8 Å². The molecule has 5 N–H and O–H groups in total. The van der Waals surface area contributed by atoms with Gasteiger partial charge in [0.25, 0.3) is 0 Å². The predicted molar refractivity (Wildman–Crippen MR) is 132 cm³/mol. The number of benzene rings is 3. The van der Waals surface area contributed by atoms with Crippen molar-refractivity contribution in [2.45, 2.75) is 34.8 Å². The van der Waals surface area contributed by atoms with Crippen molar-refractivity contribution in [3.8, 4) is 5.75 Å². The van der Waals surface area contributed by atoms with Gasteiger partial charge in [-0.25, -0.2) is 0 Å². The molecule has 3 aromatic rings. The van der Waals surface area contributed by atoms with E-state index in [4.69, 9.17) is 22.1 Å². The van der Waals surface area contributed by atoms with Gasteiger partial charge in [-0.15, -0.1) is 0 Å². The van der Waals surface area contributed by atoms with Gasteiger partial charge >= 0.3 is 7.60 Å². The number of aliphatic hydroxyl groups is 1. The fraction of sp³-hybridized carbons (Fsp3) is 0.250. The summed E-state index contributed by atoms with van der Waals surface area (Å²) in [7, 11) is -4.34. The fourth-order valence-electron chi connectivity index (χ4n) is 3.30. The van der Waals surface area contributed by atoms with Crippen molar-refractivity contribution in [3.05, 3.63) is 88.9 Å². The zero-order valence-corrected chi connectivity index (χ0v) is 20.4. The maximum Gasteiger partial charge on any atom is 0.327 e. The van der Waals surface area contributed by atoms with Crippen LogP contribution in [0.25, 0.3) is 0 Å². The van der Waals surface area contributed by atoms with Crippen molar-refractivity contribution in [1.29, 1.82) is 0 Å². The molecule has 0 aliphatic carbocycles. The Hall–Kier alpha value is -1.83. The monoisotopic (exact) mass is 507 g/mol. The first kappa shape index (κ1) is 25.8. The third kappa shape index (κ3) is 8.47. The molecule has 0 aliphatic heterocycles. The minimum atomic E-state index is -4.34. The molecule has 1 unspecified atom stereocenters. The summed E-state index contributed by atoms with van der Waals surface area (Å²) in [6, 6.07) is 23.4. The first-order valence-electron chi connectivity index (χ1n) is 10.3. The second kappa shape index (κ2) is 11.5. The number of aliphatic hydroxyl groups excluding tert-OH is 1. The van der Waals surface area contributed by atoms with Crippen LogP contribution in [0.5, 0.6) is 5.75 Å². The Morgan fingerprint density at radius 3 is 2.39 bits per heavy atom. The van der Waals surface area contributed by atoms with Crippen LogP contribution < -0.4 is 10.5 Å². The highest BCUT2D eigenvalue weighted by atomic mass is 35.5. The molecular formula is C24H27ClNO5PS. The van der Waals surface area contributed by atoms with Gasteiger partial charge in [0.2, 0.25) is 0 Å². The molecule has 1 atom stereocenters. The lowest BCUT2D eigenvalue weighted by Crippen LogP contribution is -2.47. The minimum absolute atomic E-state index is 0.196. The number of halogens is 1. The van der Waals surface area contributed by atoms with Crippen molar-refractivity contribution in [2.24, 2.45) is 5.73 Å². The van der Waals surface area contributed by atoms with Gasteiger partial charge in [-0.2, -0.15) is 0 Å². The molecule has 6 nitrogen and oxygen atoms in total. The highest BCUT2D eigenvalue weighted by Gasteiger charge is 2.32. The standard InChI is InChI=1S/C24H27ClNO5PS/c25-23-14-22(10-9-19(23)11-12-24(26,16-27)17-32(28,29)30)33-21-8-4-7-20(13-21)31-15-18-5-2-1-3-6-18/h1-10,13-14,27H,11-12,15-17,26H2,(H2,28,29,30). The third-order valence-corrected chi connectivity index (χ3v) is 7.41. The molecule has 0 heterocycles. The number of aryl methyl sites for hydroxylation is 1. The Bertz CT molecular complexity index is 1110. The van der Waals surface area contributed by atoms with Gasteiger partial charge in [0.1, 0.15) is 12.4 Å². The molecule has 3 rings (SSSR count). The molecule has 0 saturated carbocycles. The van der Waals surface area contributed by atoms with Crippen LogP contribution >= 0.6 is 31.0 Å². The Kier molecular flexibility index (Phi) is 9.02. The smallest absolute Gasteiger partial charge is 0.327 e. The molecule has 0 aromatic heterocycles. The van der Waals surface area contributed by atoms with Crippen LogP contribution in [0, 0.1) is 0 Å². The van der Waals surface area contributed by atoms with Crippen LogP contribution in [0.4, 0.5) is 0 Å². The van der Waals surface area contributed by atoms with Gasteiger partial charge in [-0.05, 0) is 54.3 Å². The van der Waals surface area contributed by atoms with Crippen molar-refractivity contribution < 1.29 is 24.2 Å². The minimum Gasteiger partial charge on any atom is -0.489 e. The average Bonchev–Trinajstić information content (AvgIpc) is 2.77. The molecule has 0 radical (unpaired) electrons. The average molecular weight is 508 g/mol. The number of hydrogen-bond donors (Lipinski definition) is 4. The van der Waals surface area contributed by atoms with E-state index in [-0.39, 0.29) is 6.42 Å². The van der Waals surface area contributed by atoms with E-state index in [1.807, 2.05) is 72.8 Å². The zero-order chi connectivity index (χ0) is 23.9. The Labute approximate surface area is 202 Å². The van der Waals surface area contributed by atoms with E-state index < -0.39 is 25.9 Å². The topological polar surface area (TPSA) is 113 Å². The molecule has 0 aliphatic rings. The molecule has 176 valence electrons. The maximum absolute atomic E-state index is 11.3. The second-order valence-electron chi connectivity index (χ2n) is 7.95. The van der Waals surface area contributed by atoms with E-state index in [2.05, 4.69) is 0 Å². The summed E-state index contributed by atoms with van der Waals surface area (Å²) in [4.78, 5) is 20.4. The zero-order valence-electron chi connectivity index (χ0n) is 17.9. The Morgan fingerprint density at radius 2 is 1.73 bits per heavy atom. The Morgan fingerprint density at radius 1 is 1.00 bits per heavy atom. The van der Waals surface area contributed by atoms with E-state index in [1.165, 1.54) is 0 Å². The number of ether oxygens (including phenoxy) is 1. The Balaban J connectivity index is 1.61. The normalized spacial score (nSPS) is 13.5. The molecule has 9 heteroatoms. The van der Waals surface area contributed by atoms with Crippen LogP contribution in [-0.4, -0.2) is 33.2 Å². The van der Waals surface area contributed by atoms with Crippen molar-refractivity contribution in [3.63, 3.8) is 0 Å². The lowest BCUT2D eigenvalue weighted by molar-refractivity contribution is 0.195. The summed E-state index contributed by atoms with van der Waals surface area (Å²) in [5.74, 6) is 0.778. The summed E-state index contributed by atoms with van der Waals surface area (Å²) in [5.41, 5.74) is 6.52. The van der Waals surface area contributed by atoms with E-state index in [0.717, 1.165) is 26.7 Å². The lowest BCUT2D eigenvalue weighted by atomic mass is 9.95. The van der Waals surface area contributed by atoms with Crippen LogP contribution in [0.3, 0.4) is 0 Å². The first-order chi connectivity index (χ1) is 15.7. The van der Waals surface area contributed by atoms with Crippen LogP contribution in [-0.2, 0) is 17.6 Å². The highest BCUT2D eigenvalue weighted by Crippen LogP contribution is 2.39. The largest absolute Gasteiger partial charge is 0.489 e. The van der Waals surface area contributed by atoms with Crippen LogP contribution in [0.1, 0.15) is 17.5 Å². The second-order valence-corrected chi connectivity index (χ2v) is 11.1. The van der Waals surface area contributed by atoms with E-state index >= 15 is 0 Å². The molecule has 0 spiro atoms. The van der Waals surface area contributed by atoms with Gasteiger partial charge in [0.15, 0.2) is 0 Å². The summed E-state index contributed by atoms with van der Waals surface area (Å²) in [6.45, 7) is -0.0275. The molecule has 33 heavy (non-hydrogen) atoms. The molecule has 0 bridgehead atoms. The van der Waals surface area contributed by atoms with Crippen LogP contribution in [0.2, 0.25) is 5.02 Å². The summed E-state index contributed by atoms with van der Waals surface area (Å²) in [5, 5.41) is 10.0. The molecule has 0 fully saturated rings. The summed E-state index contributed by atoms with van der Waals surface area (Å²) >= 11 is 8.00. The first-order valence-corrected chi connectivity index (χ1v) is 13.3. The number of nitrogens with two attached hydrogens (primary N) is 1. The molecule has 3 aromatic carbocycles. The lowest BCUT2D eigenvalue weighted by Gasteiger charge is -2.27. The van der Waals surface area contributed by atoms with Gasteiger partial charge in [-0.1, -0.05) is 65.8 Å². The SMILES string of the molecule is NC(CO)(CCc1ccc(Sc2cccc(OCc3ccccc3)c2)cc1Cl)CP(=O)(O)O. The fourth-order valence-corrected chi connectivity index (χ4v) is 5.63. The number of hydrogen-bond acceptors (Lipinski definition) is 5.